The molecule has 0 atom stereocenters. The van der Waals surface area contributed by atoms with Gasteiger partial charge in [0.2, 0.25) is 5.91 Å². The maximum Gasteiger partial charge on any atom is 0.248 e. The normalized spacial score (nSPS) is 11.2. The van der Waals surface area contributed by atoms with Crippen molar-refractivity contribution >= 4 is 34.9 Å². The number of rotatable bonds is 5. The molecule has 0 radical (unpaired) electrons. The quantitative estimate of drug-likeness (QED) is 0.428. The number of carbonyl (C=O) groups is 1. The Morgan fingerprint density at radius 3 is 2.70 bits per heavy atom. The zero-order chi connectivity index (χ0) is 21.1. The summed E-state index contributed by atoms with van der Waals surface area (Å²) in [5, 5.41) is 3.54. The van der Waals surface area contributed by atoms with Crippen molar-refractivity contribution in [2.45, 2.75) is 6.92 Å². The highest BCUT2D eigenvalue weighted by molar-refractivity contribution is 6.30. The van der Waals surface area contributed by atoms with Gasteiger partial charge in [0.05, 0.1) is 18.5 Å². The molecule has 0 saturated heterocycles. The Kier molecular flexibility index (Phi) is 5.55. The zero-order valence-corrected chi connectivity index (χ0v) is 17.4. The van der Waals surface area contributed by atoms with Gasteiger partial charge in [-0.05, 0) is 60.5 Å². The van der Waals surface area contributed by atoms with Crippen LogP contribution in [0.15, 0.2) is 73.1 Å². The highest BCUT2D eigenvalue weighted by Gasteiger charge is 2.11. The first-order valence-corrected chi connectivity index (χ1v) is 9.78. The number of nitrogens with zero attached hydrogens (tertiary/aromatic N) is 2. The van der Waals surface area contributed by atoms with Crippen LogP contribution < -0.4 is 10.1 Å². The summed E-state index contributed by atoms with van der Waals surface area (Å²) in [6, 6.07) is 16.9. The standard InChI is InChI=1S/C24H20ClN3O2/c1-16-4-3-13-28-15-21(27-24(16)28)18-8-11-22(30-2)20(14-18)26-23(29)12-7-17-5-9-19(25)10-6-17/h3-15H,1-2H3,(H,26,29)/b12-7+. The van der Waals surface area contributed by atoms with Crippen molar-refractivity contribution in [2.24, 2.45) is 0 Å². The second-order valence-corrected chi connectivity index (χ2v) is 7.27. The number of fused-ring (bicyclic) bond motifs is 1. The first-order chi connectivity index (χ1) is 14.5. The fraction of sp³-hybridized carbons (Fsp3) is 0.0833. The Labute approximate surface area is 179 Å². The Morgan fingerprint density at radius 2 is 1.97 bits per heavy atom. The third-order valence-electron chi connectivity index (χ3n) is 4.73. The number of hydrogen-bond acceptors (Lipinski definition) is 3. The number of amides is 1. The number of anilines is 1. The van der Waals surface area contributed by atoms with Crippen molar-refractivity contribution < 1.29 is 9.53 Å². The van der Waals surface area contributed by atoms with Gasteiger partial charge < -0.3 is 14.5 Å². The van der Waals surface area contributed by atoms with E-state index >= 15 is 0 Å². The van der Waals surface area contributed by atoms with Gasteiger partial charge in [-0.1, -0.05) is 29.8 Å². The summed E-state index contributed by atoms with van der Waals surface area (Å²) >= 11 is 5.89. The summed E-state index contributed by atoms with van der Waals surface area (Å²) in [6.45, 7) is 2.03. The summed E-state index contributed by atoms with van der Waals surface area (Å²) in [7, 11) is 1.57. The number of halogens is 1. The van der Waals surface area contributed by atoms with Crippen molar-refractivity contribution in [1.82, 2.24) is 9.38 Å². The van der Waals surface area contributed by atoms with Gasteiger partial charge in [-0.2, -0.15) is 0 Å². The van der Waals surface area contributed by atoms with Crippen molar-refractivity contribution in [1.29, 1.82) is 0 Å². The predicted octanol–water partition coefficient (Wildman–Crippen LogP) is 5.62. The van der Waals surface area contributed by atoms with E-state index in [-0.39, 0.29) is 5.91 Å². The largest absolute Gasteiger partial charge is 0.495 e. The SMILES string of the molecule is COc1ccc(-c2cn3cccc(C)c3n2)cc1NC(=O)/C=C/c1ccc(Cl)cc1. The lowest BCUT2D eigenvalue weighted by Gasteiger charge is -2.10. The molecular formula is C24H20ClN3O2. The van der Waals surface area contributed by atoms with Crippen LogP contribution in [0.5, 0.6) is 5.75 Å². The molecule has 2 aromatic heterocycles. The van der Waals surface area contributed by atoms with E-state index in [9.17, 15) is 4.79 Å². The maximum atomic E-state index is 12.5. The van der Waals surface area contributed by atoms with E-state index < -0.39 is 0 Å². The molecule has 5 nitrogen and oxygen atoms in total. The lowest BCUT2D eigenvalue weighted by molar-refractivity contribution is -0.111. The van der Waals surface area contributed by atoms with Crippen LogP contribution in [-0.4, -0.2) is 22.4 Å². The topological polar surface area (TPSA) is 55.6 Å². The van der Waals surface area contributed by atoms with E-state index in [4.69, 9.17) is 21.3 Å². The van der Waals surface area contributed by atoms with E-state index in [0.717, 1.165) is 28.0 Å². The van der Waals surface area contributed by atoms with Crippen molar-refractivity contribution in [3.63, 3.8) is 0 Å². The molecule has 0 fully saturated rings. The predicted molar refractivity (Wildman–Crippen MR) is 121 cm³/mol. The molecule has 4 aromatic rings. The molecule has 0 unspecified atom stereocenters. The molecule has 4 rings (SSSR count). The summed E-state index contributed by atoms with van der Waals surface area (Å²) in [6.07, 6.45) is 7.14. The van der Waals surface area contributed by atoms with Gasteiger partial charge in [0, 0.05) is 29.1 Å². The molecule has 2 aromatic carbocycles. The number of aryl methyl sites for hydroxylation is 1. The maximum absolute atomic E-state index is 12.5. The summed E-state index contributed by atoms with van der Waals surface area (Å²) < 4.78 is 7.40. The smallest absolute Gasteiger partial charge is 0.248 e. The number of hydrogen-bond donors (Lipinski definition) is 1. The molecule has 150 valence electrons. The van der Waals surface area contributed by atoms with Crippen LogP contribution in [-0.2, 0) is 4.79 Å². The average Bonchev–Trinajstić information content (AvgIpc) is 3.19. The lowest BCUT2D eigenvalue weighted by Crippen LogP contribution is -2.09. The zero-order valence-electron chi connectivity index (χ0n) is 16.6. The van der Waals surface area contributed by atoms with Gasteiger partial charge >= 0.3 is 0 Å². The van der Waals surface area contributed by atoms with Crippen LogP contribution >= 0.6 is 11.6 Å². The van der Waals surface area contributed by atoms with Crippen LogP contribution in [0.4, 0.5) is 5.69 Å². The minimum atomic E-state index is -0.258. The van der Waals surface area contributed by atoms with Crippen molar-refractivity contribution in [2.75, 3.05) is 12.4 Å². The molecule has 0 bridgehead atoms. The van der Waals surface area contributed by atoms with Crippen LogP contribution in [0.25, 0.3) is 23.0 Å². The molecular weight excluding hydrogens is 398 g/mol. The Bertz CT molecular complexity index is 1240. The number of carbonyl (C=O) groups excluding carboxylic acids is 1. The Hall–Kier alpha value is -3.57. The molecule has 0 saturated carbocycles. The minimum Gasteiger partial charge on any atom is -0.495 e. The fourth-order valence-corrected chi connectivity index (χ4v) is 3.30. The molecule has 1 N–H and O–H groups in total. The molecule has 0 aliphatic heterocycles. The van der Waals surface area contributed by atoms with E-state index in [1.54, 1.807) is 25.3 Å². The van der Waals surface area contributed by atoms with Gasteiger partial charge in [-0.25, -0.2) is 4.98 Å². The number of nitrogens with one attached hydrogen (secondary N) is 1. The van der Waals surface area contributed by atoms with Crippen molar-refractivity contribution in [3.05, 3.63) is 89.2 Å². The fourth-order valence-electron chi connectivity index (χ4n) is 3.18. The molecule has 6 heteroatoms. The second kappa shape index (κ2) is 8.43. The van der Waals surface area contributed by atoms with E-state index in [1.807, 2.05) is 66.2 Å². The number of imidazole rings is 1. The van der Waals surface area contributed by atoms with Gasteiger partial charge in [0.15, 0.2) is 0 Å². The summed E-state index contributed by atoms with van der Waals surface area (Å²) in [4.78, 5) is 17.2. The molecule has 0 aliphatic rings. The second-order valence-electron chi connectivity index (χ2n) is 6.84. The number of ether oxygens (including phenoxy) is 1. The van der Waals surface area contributed by atoms with Gasteiger partial charge in [-0.3, -0.25) is 4.79 Å². The Balaban J connectivity index is 1.60. The van der Waals surface area contributed by atoms with Gasteiger partial charge in [0.25, 0.3) is 0 Å². The minimum absolute atomic E-state index is 0.258. The van der Waals surface area contributed by atoms with E-state index in [0.29, 0.717) is 16.5 Å². The highest BCUT2D eigenvalue weighted by Crippen LogP contribution is 2.31. The number of methoxy groups -OCH3 is 1. The number of aromatic nitrogens is 2. The van der Waals surface area contributed by atoms with E-state index in [2.05, 4.69) is 5.32 Å². The lowest BCUT2D eigenvalue weighted by atomic mass is 10.1. The number of pyridine rings is 1. The van der Waals surface area contributed by atoms with Crippen LogP contribution in [0.3, 0.4) is 0 Å². The third kappa shape index (κ3) is 4.21. The Morgan fingerprint density at radius 1 is 1.17 bits per heavy atom. The third-order valence-corrected chi connectivity index (χ3v) is 4.98. The van der Waals surface area contributed by atoms with Crippen molar-refractivity contribution in [3.8, 4) is 17.0 Å². The molecule has 2 heterocycles. The molecule has 0 aliphatic carbocycles. The van der Waals surface area contributed by atoms with Crippen LogP contribution in [0.1, 0.15) is 11.1 Å². The van der Waals surface area contributed by atoms with Crippen LogP contribution in [0, 0.1) is 6.92 Å². The monoisotopic (exact) mass is 417 g/mol. The number of benzene rings is 2. The summed E-state index contributed by atoms with van der Waals surface area (Å²) in [5.41, 5.74) is 5.16. The molecule has 0 spiro atoms. The van der Waals surface area contributed by atoms with Gasteiger partial charge in [0.1, 0.15) is 11.4 Å². The van der Waals surface area contributed by atoms with Crippen LogP contribution in [0.2, 0.25) is 5.02 Å². The average molecular weight is 418 g/mol. The first-order valence-electron chi connectivity index (χ1n) is 9.41. The first kappa shape index (κ1) is 19.7. The van der Waals surface area contributed by atoms with Gasteiger partial charge in [-0.15, -0.1) is 0 Å². The molecule has 1 amide bonds. The summed E-state index contributed by atoms with van der Waals surface area (Å²) in [5.74, 6) is 0.318. The highest BCUT2D eigenvalue weighted by atomic mass is 35.5. The van der Waals surface area contributed by atoms with E-state index in [1.165, 1.54) is 6.08 Å². The molecule has 30 heavy (non-hydrogen) atoms.